The van der Waals surface area contributed by atoms with Crippen LogP contribution in [0.25, 0.3) is 0 Å². The first-order valence-corrected chi connectivity index (χ1v) is 9.54. The second kappa shape index (κ2) is 9.60. The molecule has 0 bridgehead atoms. The van der Waals surface area contributed by atoms with Crippen LogP contribution in [-0.2, 0) is 24.3 Å². The fourth-order valence-electron chi connectivity index (χ4n) is 1.99. The molecule has 1 rings (SSSR count). The van der Waals surface area contributed by atoms with Gasteiger partial charge in [0.05, 0.1) is 25.0 Å². The zero-order valence-corrected chi connectivity index (χ0v) is 15.6. The minimum absolute atomic E-state index is 0.0266. The normalized spacial score (nSPS) is 12.8. The Kier molecular flexibility index (Phi) is 8.12. The van der Waals surface area contributed by atoms with Gasteiger partial charge in [-0.15, -0.1) is 0 Å². The summed E-state index contributed by atoms with van der Waals surface area (Å²) in [6, 6.07) is 2.23. The van der Waals surface area contributed by atoms with Crippen molar-refractivity contribution in [2.75, 3.05) is 18.9 Å². The topological polar surface area (TPSA) is 122 Å². The molecule has 1 atom stereocenters. The molecular formula is C16H23FN2O6S. The first-order chi connectivity index (χ1) is 12.0. The average Bonchev–Trinajstić information content (AvgIpc) is 2.52. The zero-order valence-electron chi connectivity index (χ0n) is 14.8. The summed E-state index contributed by atoms with van der Waals surface area (Å²) in [5.41, 5.74) is 0.409. The van der Waals surface area contributed by atoms with Gasteiger partial charge in [-0.1, -0.05) is 12.1 Å². The summed E-state index contributed by atoms with van der Waals surface area (Å²) in [6.07, 6.45) is -0.121. The lowest BCUT2D eigenvalue weighted by atomic mass is 10.0. The number of carboxylic acids is 1. The minimum Gasteiger partial charge on any atom is -0.479 e. The van der Waals surface area contributed by atoms with Gasteiger partial charge in [0.2, 0.25) is 15.9 Å². The number of benzene rings is 1. The molecule has 1 aromatic rings. The molecule has 0 radical (unpaired) electrons. The summed E-state index contributed by atoms with van der Waals surface area (Å²) in [6.45, 7) is 4.34. The molecule has 0 fully saturated rings. The molecule has 0 saturated heterocycles. The van der Waals surface area contributed by atoms with Gasteiger partial charge in [0.1, 0.15) is 5.82 Å². The molecule has 0 aliphatic carbocycles. The molecule has 146 valence electrons. The van der Waals surface area contributed by atoms with Crippen LogP contribution in [0.15, 0.2) is 18.2 Å². The minimum atomic E-state index is -3.74. The molecule has 1 aromatic carbocycles. The molecule has 0 aliphatic rings. The first-order valence-electron chi connectivity index (χ1n) is 7.89. The summed E-state index contributed by atoms with van der Waals surface area (Å²) in [5.74, 6) is -3.00. The number of ether oxygens (including phenoxy) is 1. The maximum absolute atomic E-state index is 13.3. The fourth-order valence-corrected chi connectivity index (χ4v) is 2.80. The molecule has 0 spiro atoms. The van der Waals surface area contributed by atoms with E-state index in [0.29, 0.717) is 0 Å². The second-order valence-electron chi connectivity index (χ2n) is 5.91. The molecular weight excluding hydrogens is 367 g/mol. The van der Waals surface area contributed by atoms with Crippen LogP contribution in [0.2, 0.25) is 0 Å². The highest BCUT2D eigenvalue weighted by Gasteiger charge is 2.23. The van der Waals surface area contributed by atoms with Crippen LogP contribution in [0.5, 0.6) is 0 Å². The number of rotatable bonds is 10. The summed E-state index contributed by atoms with van der Waals surface area (Å²) in [7, 11) is -3.74. The molecule has 0 saturated carbocycles. The number of hydrogen-bond donors (Lipinski definition) is 3. The molecule has 10 heteroatoms. The molecule has 0 aliphatic heterocycles. The van der Waals surface area contributed by atoms with Gasteiger partial charge in [-0.3, -0.25) is 4.79 Å². The van der Waals surface area contributed by atoms with Crippen LogP contribution in [0.4, 0.5) is 4.39 Å². The van der Waals surface area contributed by atoms with Crippen molar-refractivity contribution in [2.24, 2.45) is 0 Å². The number of carbonyl (C=O) groups is 2. The van der Waals surface area contributed by atoms with E-state index in [1.54, 1.807) is 13.8 Å². The lowest BCUT2D eigenvalue weighted by Gasteiger charge is -2.16. The third-order valence-electron chi connectivity index (χ3n) is 3.32. The van der Waals surface area contributed by atoms with Gasteiger partial charge >= 0.3 is 5.97 Å². The Balaban J connectivity index is 2.65. The Labute approximate surface area is 151 Å². The van der Waals surface area contributed by atoms with Crippen molar-refractivity contribution in [1.82, 2.24) is 10.0 Å². The number of aliphatic carboxylic acids is 1. The van der Waals surface area contributed by atoms with Gasteiger partial charge in [-0.2, -0.15) is 0 Å². The van der Waals surface area contributed by atoms with Gasteiger partial charge < -0.3 is 15.2 Å². The van der Waals surface area contributed by atoms with E-state index < -0.39 is 40.3 Å². The standard InChI is InChI=1S/C16H23FN2O6S/c1-10(2)25-6-7-26(23,24)18-9-14(20)19-15(16(21)22)12-4-5-13(17)11(3)8-12/h4-5,8,10,15,18H,6-7,9H2,1-3H3,(H,19,20)(H,21,22). The average molecular weight is 390 g/mol. The Bertz CT molecular complexity index is 751. The van der Waals surface area contributed by atoms with Gasteiger partial charge in [0.25, 0.3) is 0 Å². The van der Waals surface area contributed by atoms with E-state index in [1.165, 1.54) is 19.1 Å². The van der Waals surface area contributed by atoms with Crippen LogP contribution >= 0.6 is 0 Å². The van der Waals surface area contributed by atoms with Crippen molar-refractivity contribution in [3.05, 3.63) is 35.1 Å². The lowest BCUT2D eigenvalue weighted by molar-refractivity contribution is -0.141. The smallest absolute Gasteiger partial charge is 0.330 e. The van der Waals surface area contributed by atoms with Gasteiger partial charge in [0.15, 0.2) is 6.04 Å². The molecule has 1 unspecified atom stereocenters. The van der Waals surface area contributed by atoms with E-state index in [9.17, 15) is 27.5 Å². The summed E-state index contributed by atoms with van der Waals surface area (Å²) < 4.78 is 44.0. The van der Waals surface area contributed by atoms with Crippen molar-refractivity contribution >= 4 is 21.9 Å². The van der Waals surface area contributed by atoms with E-state index in [4.69, 9.17) is 4.74 Å². The summed E-state index contributed by atoms with van der Waals surface area (Å²) in [4.78, 5) is 23.3. The van der Waals surface area contributed by atoms with Crippen molar-refractivity contribution in [1.29, 1.82) is 0 Å². The third-order valence-corrected chi connectivity index (χ3v) is 4.61. The number of carbonyl (C=O) groups excluding carboxylic acids is 1. The largest absolute Gasteiger partial charge is 0.479 e. The third kappa shape index (κ3) is 7.46. The highest BCUT2D eigenvalue weighted by atomic mass is 32.2. The summed E-state index contributed by atoms with van der Waals surface area (Å²) >= 11 is 0. The molecule has 0 aromatic heterocycles. The Morgan fingerprint density at radius 1 is 1.31 bits per heavy atom. The Morgan fingerprint density at radius 3 is 2.50 bits per heavy atom. The maximum atomic E-state index is 13.3. The van der Waals surface area contributed by atoms with Crippen LogP contribution in [0, 0.1) is 12.7 Å². The zero-order chi connectivity index (χ0) is 19.9. The Hall–Kier alpha value is -2.04. The SMILES string of the molecule is Cc1cc(C(NC(=O)CNS(=O)(=O)CCOC(C)C)C(=O)O)ccc1F. The van der Waals surface area contributed by atoms with E-state index in [2.05, 4.69) is 10.0 Å². The van der Waals surface area contributed by atoms with Gasteiger partial charge in [0, 0.05) is 0 Å². The highest BCUT2D eigenvalue weighted by Crippen LogP contribution is 2.17. The van der Waals surface area contributed by atoms with Crippen LogP contribution in [0.1, 0.15) is 31.0 Å². The van der Waals surface area contributed by atoms with Gasteiger partial charge in [-0.05, 0) is 38.0 Å². The predicted octanol–water partition coefficient (Wildman–Crippen LogP) is 0.720. The highest BCUT2D eigenvalue weighted by molar-refractivity contribution is 7.89. The number of hydrogen-bond acceptors (Lipinski definition) is 5. The lowest BCUT2D eigenvalue weighted by Crippen LogP contribution is -2.42. The van der Waals surface area contributed by atoms with Crippen LogP contribution < -0.4 is 10.0 Å². The number of carboxylic acid groups (broad SMARTS) is 1. The van der Waals surface area contributed by atoms with Crippen molar-refractivity contribution in [3.8, 4) is 0 Å². The Morgan fingerprint density at radius 2 is 1.96 bits per heavy atom. The second-order valence-corrected chi connectivity index (χ2v) is 7.83. The summed E-state index contributed by atoms with van der Waals surface area (Å²) in [5, 5.41) is 11.5. The van der Waals surface area contributed by atoms with Crippen molar-refractivity contribution in [2.45, 2.75) is 32.9 Å². The van der Waals surface area contributed by atoms with E-state index in [0.717, 1.165) is 6.07 Å². The molecule has 1 amide bonds. The number of amides is 1. The fraction of sp³-hybridized carbons (Fsp3) is 0.500. The predicted molar refractivity (Wildman–Crippen MR) is 92.5 cm³/mol. The number of sulfonamides is 1. The number of nitrogens with one attached hydrogen (secondary N) is 2. The molecule has 26 heavy (non-hydrogen) atoms. The van der Waals surface area contributed by atoms with Crippen LogP contribution in [-0.4, -0.2) is 50.4 Å². The molecule has 3 N–H and O–H groups in total. The van der Waals surface area contributed by atoms with Crippen molar-refractivity contribution in [3.63, 3.8) is 0 Å². The molecule has 0 heterocycles. The first kappa shape index (κ1) is 22.0. The van der Waals surface area contributed by atoms with Crippen molar-refractivity contribution < 1.29 is 32.2 Å². The van der Waals surface area contributed by atoms with E-state index in [-0.39, 0.29) is 29.6 Å². The monoisotopic (exact) mass is 390 g/mol. The number of aryl methyl sites for hydroxylation is 1. The van der Waals surface area contributed by atoms with E-state index >= 15 is 0 Å². The van der Waals surface area contributed by atoms with Crippen LogP contribution in [0.3, 0.4) is 0 Å². The molecule has 8 nitrogen and oxygen atoms in total. The maximum Gasteiger partial charge on any atom is 0.330 e. The van der Waals surface area contributed by atoms with Gasteiger partial charge in [-0.25, -0.2) is 22.3 Å². The van der Waals surface area contributed by atoms with E-state index in [1.807, 2.05) is 0 Å². The number of halogens is 1. The quantitative estimate of drug-likeness (QED) is 0.541.